The van der Waals surface area contributed by atoms with Crippen molar-refractivity contribution in [3.63, 3.8) is 0 Å². The van der Waals surface area contributed by atoms with E-state index >= 15 is 0 Å². The van der Waals surface area contributed by atoms with Gasteiger partial charge in [-0.1, -0.05) is 36.2 Å². The van der Waals surface area contributed by atoms with Crippen molar-refractivity contribution in [3.05, 3.63) is 68.1 Å². The van der Waals surface area contributed by atoms with Crippen LogP contribution in [0.5, 0.6) is 0 Å². The summed E-state index contributed by atoms with van der Waals surface area (Å²) in [5.74, 6) is -0.929. The number of nitrogens with zero attached hydrogens (tertiary/aromatic N) is 5. The Bertz CT molecular complexity index is 1060. The van der Waals surface area contributed by atoms with Crippen molar-refractivity contribution in [3.8, 4) is 0 Å². The van der Waals surface area contributed by atoms with E-state index in [1.165, 1.54) is 10.7 Å². The summed E-state index contributed by atoms with van der Waals surface area (Å²) < 4.78 is 3.12. The molecule has 9 nitrogen and oxygen atoms in total. The minimum Gasteiger partial charge on any atom is -0.358 e. The molecule has 1 amide bonds. The third kappa shape index (κ3) is 5.12. The zero-order chi connectivity index (χ0) is 21.1. The second-order valence-corrected chi connectivity index (χ2v) is 7.46. The minimum atomic E-state index is -0.559. The Morgan fingerprint density at radius 1 is 1.31 bits per heavy atom. The molecule has 2 aromatic heterocycles. The number of amides is 1. The number of nitrogens with one attached hydrogen (secondary N) is 1. The van der Waals surface area contributed by atoms with E-state index in [1.54, 1.807) is 43.1 Å². The summed E-state index contributed by atoms with van der Waals surface area (Å²) >= 11 is 11.9. The topological polar surface area (TPSA) is 108 Å². The van der Waals surface area contributed by atoms with Crippen LogP contribution in [0, 0.1) is 23.0 Å². The van der Waals surface area contributed by atoms with Crippen molar-refractivity contribution < 1.29 is 9.72 Å². The Balaban J connectivity index is 1.60. The van der Waals surface area contributed by atoms with E-state index in [-0.39, 0.29) is 18.3 Å². The minimum absolute atomic E-state index is 0.225. The SMILES string of the molecule is Cc1cc([N+](=O)[O-])nn1CC(C)C(=O)Nc1cnn(Cc2ccc(Cl)c(Cl)c2)c1. The molecule has 1 unspecified atom stereocenters. The highest BCUT2D eigenvalue weighted by Gasteiger charge is 2.21. The zero-order valence-corrected chi connectivity index (χ0v) is 17.2. The molecule has 0 aliphatic carbocycles. The van der Waals surface area contributed by atoms with Crippen molar-refractivity contribution >= 4 is 40.6 Å². The van der Waals surface area contributed by atoms with Crippen LogP contribution in [-0.2, 0) is 17.9 Å². The lowest BCUT2D eigenvalue weighted by atomic mass is 10.1. The molecule has 0 aliphatic rings. The summed E-state index contributed by atoms with van der Waals surface area (Å²) in [7, 11) is 0. The quantitative estimate of drug-likeness (QED) is 0.445. The van der Waals surface area contributed by atoms with E-state index in [0.29, 0.717) is 28.0 Å². The number of halogens is 2. The Kier molecular flexibility index (Phi) is 6.19. The normalized spacial score (nSPS) is 12.0. The smallest absolute Gasteiger partial charge is 0.358 e. The second-order valence-electron chi connectivity index (χ2n) is 6.65. The number of anilines is 1. The third-order valence-corrected chi connectivity index (χ3v) is 5.02. The molecule has 0 saturated heterocycles. The van der Waals surface area contributed by atoms with Crippen LogP contribution in [0.3, 0.4) is 0 Å². The predicted molar refractivity (Wildman–Crippen MR) is 109 cm³/mol. The van der Waals surface area contributed by atoms with E-state index in [9.17, 15) is 14.9 Å². The molecule has 1 N–H and O–H groups in total. The Hall–Kier alpha value is -2.91. The van der Waals surface area contributed by atoms with Gasteiger partial charge in [0, 0.05) is 6.20 Å². The molecule has 0 saturated carbocycles. The first-order valence-corrected chi connectivity index (χ1v) is 9.44. The molecule has 0 aliphatic heterocycles. The van der Waals surface area contributed by atoms with Gasteiger partial charge in [0.05, 0.1) is 57.8 Å². The van der Waals surface area contributed by atoms with Crippen LogP contribution in [0.1, 0.15) is 18.2 Å². The van der Waals surface area contributed by atoms with Gasteiger partial charge in [-0.15, -0.1) is 0 Å². The highest BCUT2D eigenvalue weighted by atomic mass is 35.5. The predicted octanol–water partition coefficient (Wildman–Crippen LogP) is 3.93. The van der Waals surface area contributed by atoms with Crippen LogP contribution in [-0.4, -0.2) is 30.4 Å². The number of aryl methyl sites for hydroxylation is 1. The number of aromatic nitrogens is 4. The number of benzene rings is 1. The molecule has 1 atom stereocenters. The first-order valence-electron chi connectivity index (χ1n) is 8.69. The van der Waals surface area contributed by atoms with Crippen LogP contribution in [0.25, 0.3) is 0 Å². The maximum atomic E-state index is 12.5. The molecular weight excluding hydrogens is 419 g/mol. The summed E-state index contributed by atoms with van der Waals surface area (Å²) in [4.78, 5) is 22.7. The highest BCUT2D eigenvalue weighted by Crippen LogP contribution is 2.23. The third-order valence-electron chi connectivity index (χ3n) is 4.28. The number of hydrogen-bond donors (Lipinski definition) is 1. The molecule has 0 spiro atoms. The lowest BCUT2D eigenvalue weighted by molar-refractivity contribution is -0.389. The fourth-order valence-corrected chi connectivity index (χ4v) is 3.03. The van der Waals surface area contributed by atoms with Crippen LogP contribution in [0.2, 0.25) is 10.0 Å². The van der Waals surface area contributed by atoms with Gasteiger partial charge in [0.2, 0.25) is 5.91 Å². The van der Waals surface area contributed by atoms with Crippen LogP contribution < -0.4 is 5.32 Å². The lowest BCUT2D eigenvalue weighted by Gasteiger charge is -2.10. The zero-order valence-electron chi connectivity index (χ0n) is 15.7. The van der Waals surface area contributed by atoms with Gasteiger partial charge in [0.1, 0.15) is 0 Å². The van der Waals surface area contributed by atoms with Crippen molar-refractivity contribution in [2.45, 2.75) is 26.9 Å². The molecule has 1 aromatic carbocycles. The van der Waals surface area contributed by atoms with Crippen molar-refractivity contribution in [2.24, 2.45) is 5.92 Å². The van der Waals surface area contributed by atoms with E-state index < -0.39 is 10.8 Å². The molecule has 2 heterocycles. The fourth-order valence-electron chi connectivity index (χ4n) is 2.71. The first-order chi connectivity index (χ1) is 13.7. The largest absolute Gasteiger partial charge is 0.390 e. The first kappa shape index (κ1) is 20.8. The van der Waals surface area contributed by atoms with Crippen molar-refractivity contribution in [1.29, 1.82) is 0 Å². The molecule has 0 bridgehead atoms. The van der Waals surface area contributed by atoms with Gasteiger partial charge < -0.3 is 15.4 Å². The van der Waals surface area contributed by atoms with Gasteiger partial charge in [-0.3, -0.25) is 9.48 Å². The Labute approximate surface area is 176 Å². The highest BCUT2D eigenvalue weighted by molar-refractivity contribution is 6.42. The van der Waals surface area contributed by atoms with Crippen molar-refractivity contribution in [1.82, 2.24) is 19.6 Å². The van der Waals surface area contributed by atoms with E-state index in [1.807, 2.05) is 6.07 Å². The van der Waals surface area contributed by atoms with Crippen LogP contribution >= 0.6 is 23.2 Å². The standard InChI is InChI=1S/C18H18Cl2N6O3/c1-11(8-25-12(2)5-17(23-25)26(28)29)18(27)22-14-7-21-24(10-14)9-13-3-4-15(19)16(20)6-13/h3-7,10-11H,8-9H2,1-2H3,(H,22,27). The Morgan fingerprint density at radius 3 is 2.72 bits per heavy atom. The average Bonchev–Trinajstić information content (AvgIpc) is 3.25. The Morgan fingerprint density at radius 2 is 2.07 bits per heavy atom. The average molecular weight is 437 g/mol. The van der Waals surface area contributed by atoms with E-state index in [0.717, 1.165) is 5.56 Å². The molecule has 11 heteroatoms. The summed E-state index contributed by atoms with van der Waals surface area (Å²) in [5.41, 5.74) is 2.08. The molecular formula is C18H18Cl2N6O3. The van der Waals surface area contributed by atoms with Gasteiger partial charge in [0.15, 0.2) is 0 Å². The van der Waals surface area contributed by atoms with Crippen LogP contribution in [0.4, 0.5) is 11.5 Å². The summed E-state index contributed by atoms with van der Waals surface area (Å²) in [6, 6.07) is 6.70. The maximum absolute atomic E-state index is 12.5. The van der Waals surface area contributed by atoms with Crippen LogP contribution in [0.15, 0.2) is 36.7 Å². The molecule has 29 heavy (non-hydrogen) atoms. The number of carbonyl (C=O) groups is 1. The molecule has 152 valence electrons. The van der Waals surface area contributed by atoms with Crippen molar-refractivity contribution in [2.75, 3.05) is 5.32 Å². The second kappa shape index (κ2) is 8.62. The number of nitro groups is 1. The number of hydrogen-bond acceptors (Lipinski definition) is 5. The maximum Gasteiger partial charge on any atom is 0.390 e. The lowest BCUT2D eigenvalue weighted by Crippen LogP contribution is -2.25. The molecule has 3 rings (SSSR count). The molecule has 3 aromatic rings. The summed E-state index contributed by atoms with van der Waals surface area (Å²) in [6.45, 7) is 4.13. The molecule has 0 radical (unpaired) electrons. The van der Waals surface area contributed by atoms with E-state index in [2.05, 4.69) is 15.5 Å². The van der Waals surface area contributed by atoms with Gasteiger partial charge >= 0.3 is 5.82 Å². The summed E-state index contributed by atoms with van der Waals surface area (Å²) in [5, 5.41) is 22.7. The summed E-state index contributed by atoms with van der Waals surface area (Å²) in [6.07, 6.45) is 3.25. The van der Waals surface area contributed by atoms with Gasteiger partial charge in [-0.2, -0.15) is 9.78 Å². The van der Waals surface area contributed by atoms with Gasteiger partial charge in [-0.25, -0.2) is 0 Å². The number of carbonyl (C=O) groups excluding carboxylic acids is 1. The fraction of sp³-hybridized carbons (Fsp3) is 0.278. The van der Waals surface area contributed by atoms with Gasteiger partial charge in [-0.05, 0) is 29.5 Å². The molecule has 0 fully saturated rings. The monoisotopic (exact) mass is 436 g/mol. The van der Waals surface area contributed by atoms with Gasteiger partial charge in [0.25, 0.3) is 0 Å². The number of rotatable bonds is 7. The van der Waals surface area contributed by atoms with E-state index in [4.69, 9.17) is 23.2 Å².